The Morgan fingerprint density at radius 1 is 1.14 bits per heavy atom. The highest BCUT2D eigenvalue weighted by atomic mass is 127. The number of aromatic nitrogens is 2. The van der Waals surface area contributed by atoms with E-state index in [0.29, 0.717) is 35.7 Å². The Bertz CT molecular complexity index is 1520. The van der Waals surface area contributed by atoms with Crippen LogP contribution in [0.25, 0.3) is 10.2 Å². The fraction of sp³-hybridized carbons (Fsp3) is 0.533. The van der Waals surface area contributed by atoms with Crippen LogP contribution in [0.3, 0.4) is 0 Å². The third-order valence-corrected chi connectivity index (χ3v) is 8.24. The summed E-state index contributed by atoms with van der Waals surface area (Å²) in [5, 5.41) is 8.31. The van der Waals surface area contributed by atoms with Gasteiger partial charge in [0.2, 0.25) is 5.91 Å². The second-order valence-electron chi connectivity index (χ2n) is 10.7. The fourth-order valence-corrected chi connectivity index (χ4v) is 6.19. The van der Waals surface area contributed by atoms with Gasteiger partial charge in [0.15, 0.2) is 0 Å². The zero-order chi connectivity index (χ0) is 32.5. The minimum absolute atomic E-state index is 0.167. The smallest absolute Gasteiger partial charge is 0.348 e. The van der Waals surface area contributed by atoms with Crippen molar-refractivity contribution in [1.82, 2.24) is 14.0 Å². The Balaban J connectivity index is 0.000000993. The number of aryl methyl sites for hydroxylation is 3. The van der Waals surface area contributed by atoms with Gasteiger partial charge in [-0.1, -0.05) is 47.1 Å². The van der Waals surface area contributed by atoms with Crippen molar-refractivity contribution in [1.29, 1.82) is 0 Å². The quantitative estimate of drug-likeness (QED) is 0.198. The number of hydrogen-bond donors (Lipinski definition) is 1. The van der Waals surface area contributed by atoms with Crippen LogP contribution in [0, 0.1) is 6.92 Å². The molecule has 4 rings (SSSR count). The van der Waals surface area contributed by atoms with Gasteiger partial charge in [0.05, 0.1) is 19.1 Å². The van der Waals surface area contributed by atoms with E-state index in [-0.39, 0.29) is 35.4 Å². The van der Waals surface area contributed by atoms with E-state index in [1.807, 2.05) is 24.3 Å². The van der Waals surface area contributed by atoms with E-state index in [1.54, 1.807) is 53.6 Å². The maximum Gasteiger partial charge on any atom is 0.348 e. The third kappa shape index (κ3) is 8.46. The lowest BCUT2D eigenvalue weighted by atomic mass is 10.0. The van der Waals surface area contributed by atoms with E-state index < -0.39 is 22.8 Å². The lowest BCUT2D eigenvalue weighted by Crippen LogP contribution is -2.56. The second-order valence-corrected chi connectivity index (χ2v) is 11.7. The molecule has 0 saturated carbocycles. The molecule has 13 heteroatoms. The monoisotopic (exact) mass is 747 g/mol. The number of carbonyl (C=O) groups excluding carboxylic acids is 2. The molecular formula is C30H43IN3O7PS. The number of nitrogens with zero attached hydrogens (tertiary/aromatic N) is 3. The third-order valence-electron chi connectivity index (χ3n) is 6.95. The van der Waals surface area contributed by atoms with Crippen LogP contribution in [-0.2, 0) is 28.0 Å². The number of methoxy groups -OCH3 is 1. The molecule has 1 unspecified atom stereocenters. The molecule has 43 heavy (non-hydrogen) atoms. The van der Waals surface area contributed by atoms with Gasteiger partial charge in [-0.25, -0.2) is 14.2 Å². The number of aliphatic hydroxyl groups is 1. The molecule has 1 saturated heterocycles. The summed E-state index contributed by atoms with van der Waals surface area (Å²) in [6.45, 7) is 14.1. The number of halogens is 1. The average Bonchev–Trinajstić information content (AvgIpc) is 3.62. The summed E-state index contributed by atoms with van der Waals surface area (Å²) in [7, 11) is 1.59. The highest BCUT2D eigenvalue weighted by Gasteiger charge is 2.39. The highest BCUT2D eigenvalue weighted by molar-refractivity contribution is 14.2. The van der Waals surface area contributed by atoms with E-state index in [4.69, 9.17) is 14.6 Å². The summed E-state index contributed by atoms with van der Waals surface area (Å²) < 4.78 is 13.2. The Labute approximate surface area is 272 Å². The van der Waals surface area contributed by atoms with Gasteiger partial charge < -0.3 is 19.5 Å². The second kappa shape index (κ2) is 16.7. The number of fused-ring (bicyclic) bond motifs is 1. The Hall–Kier alpha value is -2.28. The number of ether oxygens (including phenoxy) is 2. The summed E-state index contributed by atoms with van der Waals surface area (Å²) >= 11 is 3.14. The molecule has 0 spiro atoms. The van der Waals surface area contributed by atoms with Gasteiger partial charge in [0.1, 0.15) is 21.0 Å². The van der Waals surface area contributed by atoms with Crippen LogP contribution in [0.1, 0.15) is 68.3 Å². The first-order valence-electron chi connectivity index (χ1n) is 14.1. The van der Waals surface area contributed by atoms with Crippen LogP contribution in [-0.4, -0.2) is 63.9 Å². The largest absolute Gasteiger partial charge is 0.496 e. The fourth-order valence-electron chi connectivity index (χ4n) is 4.97. The zero-order valence-corrected chi connectivity index (χ0v) is 30.1. The maximum atomic E-state index is 14.0. The number of rotatable bonds is 8. The molecule has 1 N–H and O–H groups in total. The number of aliphatic hydroxyl groups excluding tert-OH is 1. The molecule has 2 aromatic heterocycles. The molecule has 10 nitrogen and oxygen atoms in total. The zero-order valence-electron chi connectivity index (χ0n) is 25.9. The number of esters is 1. The topological polar surface area (TPSA) is 120 Å². The molecule has 238 valence electrons. The Morgan fingerprint density at radius 3 is 2.28 bits per heavy atom. The van der Waals surface area contributed by atoms with Crippen molar-refractivity contribution in [2.75, 3.05) is 26.8 Å². The number of hydrogen-bond acceptors (Lipinski definition) is 8. The van der Waals surface area contributed by atoms with Gasteiger partial charge in [-0.3, -0.25) is 14.2 Å². The highest BCUT2D eigenvalue weighted by Crippen LogP contribution is 2.30. The van der Waals surface area contributed by atoms with Crippen LogP contribution in [0.15, 0.2) is 33.9 Å². The lowest BCUT2D eigenvalue weighted by molar-refractivity contribution is -0.138. The van der Waals surface area contributed by atoms with E-state index in [0.717, 1.165) is 34.3 Å². The van der Waals surface area contributed by atoms with E-state index >= 15 is 0 Å². The predicted molar refractivity (Wildman–Crippen MR) is 184 cm³/mol. The Morgan fingerprint density at radius 2 is 1.72 bits per heavy atom. The molecule has 1 aliphatic rings. The van der Waals surface area contributed by atoms with Gasteiger partial charge in [0, 0.05) is 25.7 Å². The number of thiophene rings is 1. The van der Waals surface area contributed by atoms with Crippen molar-refractivity contribution in [2.24, 2.45) is 0 Å². The molecule has 3 aromatic rings. The van der Waals surface area contributed by atoms with Crippen LogP contribution in [0.4, 0.5) is 0 Å². The van der Waals surface area contributed by atoms with Crippen LogP contribution in [0.5, 0.6) is 5.75 Å². The minimum atomic E-state index is -1.41. The summed E-state index contributed by atoms with van der Waals surface area (Å²) in [6.07, 6.45) is 2.07. The van der Waals surface area contributed by atoms with Crippen molar-refractivity contribution < 1.29 is 24.2 Å². The number of amides is 1. The van der Waals surface area contributed by atoms with E-state index in [9.17, 15) is 19.2 Å². The molecule has 0 bridgehead atoms. The molecule has 1 aliphatic heterocycles. The van der Waals surface area contributed by atoms with Crippen molar-refractivity contribution in [3.63, 3.8) is 0 Å². The Kier molecular flexibility index (Phi) is 14.3. The summed E-state index contributed by atoms with van der Waals surface area (Å²) in [6, 6.07) is 7.53. The van der Waals surface area contributed by atoms with Crippen molar-refractivity contribution in [3.8, 4) is 5.75 Å². The van der Waals surface area contributed by atoms with Crippen LogP contribution in [0.2, 0.25) is 0 Å². The molecule has 1 aromatic carbocycles. The first-order chi connectivity index (χ1) is 20.4. The lowest BCUT2D eigenvalue weighted by Gasteiger charge is -2.31. The van der Waals surface area contributed by atoms with Gasteiger partial charge in [-0.15, -0.1) is 11.3 Å². The number of benzene rings is 1. The van der Waals surface area contributed by atoms with Crippen molar-refractivity contribution in [2.45, 2.75) is 79.0 Å². The van der Waals surface area contributed by atoms with E-state index in [2.05, 4.69) is 28.9 Å². The van der Waals surface area contributed by atoms with E-state index in [1.165, 1.54) is 4.57 Å². The predicted octanol–water partition coefficient (Wildman–Crippen LogP) is 4.92. The molecule has 3 heterocycles. The number of likely N-dealkylation sites (tertiary alicyclic amines) is 1. The molecular weight excluding hydrogens is 704 g/mol. The first-order valence-corrected chi connectivity index (χ1v) is 19.1. The standard InChI is InChI=1S/C27H33N3O6S.C3H8O.H2IP/c1-6-36-24(32)21-17(2)20-22(31)30(27(3,4)25(33)28-14-9-10-15-28)26(34)29(23(20)37-21)16-13-18-11-7-8-12-19(18)35-5;1-3(2)4;1-2/h7-8,11-12H,6,9-10,13-16H2,1-5H3;3-4H,1-2H3;2H2. The normalized spacial score (nSPS) is 12.9. The van der Waals surface area contributed by atoms with Gasteiger partial charge in [-0.05, 0) is 78.0 Å². The van der Waals surface area contributed by atoms with Gasteiger partial charge in [-0.2, -0.15) is 0 Å². The first kappa shape index (κ1) is 36.9. The van der Waals surface area contributed by atoms with Crippen molar-refractivity contribution in [3.05, 3.63) is 61.1 Å². The summed E-state index contributed by atoms with van der Waals surface area (Å²) in [4.78, 5) is 56.4. The SMILES string of the molecule is CC(C)O.CCOC(=O)c1sc2c(c1C)c(=O)n(C(C)(C)C(=O)N1CCCC1)c(=O)n2CCc1ccccc1OC.PI. The summed E-state index contributed by atoms with van der Waals surface area (Å²) in [5.41, 5.74) is -1.21. The average molecular weight is 748 g/mol. The maximum absolute atomic E-state index is 14.0. The van der Waals surface area contributed by atoms with Gasteiger partial charge >= 0.3 is 11.7 Å². The van der Waals surface area contributed by atoms with Crippen LogP contribution >= 0.6 is 40.3 Å². The molecule has 1 atom stereocenters. The number of carbonyl (C=O) groups is 2. The molecule has 1 amide bonds. The summed E-state index contributed by atoms with van der Waals surface area (Å²) in [5.74, 6) is -0.110. The minimum Gasteiger partial charge on any atom is -0.496 e. The van der Waals surface area contributed by atoms with Crippen molar-refractivity contribution >= 4 is 62.4 Å². The van der Waals surface area contributed by atoms with Crippen LogP contribution < -0.4 is 16.0 Å². The number of para-hydroxylation sites is 1. The van der Waals surface area contributed by atoms with Gasteiger partial charge in [0.25, 0.3) is 5.56 Å². The molecule has 1 fully saturated rings. The molecule has 0 radical (unpaired) electrons. The molecule has 0 aliphatic carbocycles.